The third kappa shape index (κ3) is 4.10. The largest absolute Gasteiger partial charge is 0.394 e. The number of aliphatic hydroxyl groups is 3. The van der Waals surface area contributed by atoms with E-state index in [1.807, 2.05) is 30.3 Å². The lowest BCUT2D eigenvalue weighted by atomic mass is 9.79. The van der Waals surface area contributed by atoms with Crippen molar-refractivity contribution < 1.29 is 28.5 Å². The van der Waals surface area contributed by atoms with E-state index in [1.165, 1.54) is 4.90 Å². The zero-order valence-electron chi connectivity index (χ0n) is 17.1. The van der Waals surface area contributed by atoms with Crippen LogP contribution < -0.4 is 0 Å². The Morgan fingerprint density at radius 3 is 2.39 bits per heavy atom. The number of piperidine rings is 1. The molecule has 2 aliphatic heterocycles. The minimum absolute atomic E-state index is 0.0563. The van der Waals surface area contributed by atoms with Crippen molar-refractivity contribution in [3.05, 3.63) is 71.0 Å². The fraction of sp³-hybridized carbons (Fsp3) is 0.478. The first kappa shape index (κ1) is 22.2. The average Bonchev–Trinajstić information content (AvgIpc) is 2.77. The summed E-state index contributed by atoms with van der Waals surface area (Å²) in [4.78, 5) is 3.54. The highest BCUT2D eigenvalue weighted by Gasteiger charge is 2.53. The number of β-amino-alcohol motifs (C(OH)–C–C–N with tert-alkyl or cyclic N) is 1. The molecule has 2 heterocycles. The van der Waals surface area contributed by atoms with Crippen molar-refractivity contribution in [2.75, 3.05) is 26.2 Å². The van der Waals surface area contributed by atoms with Gasteiger partial charge in [-0.2, -0.15) is 0 Å². The van der Waals surface area contributed by atoms with E-state index in [2.05, 4.69) is 4.90 Å². The summed E-state index contributed by atoms with van der Waals surface area (Å²) >= 11 is 0. The summed E-state index contributed by atoms with van der Waals surface area (Å²) in [6.07, 6.45) is 1.11. The molecule has 0 radical (unpaired) electrons. The molecule has 0 aromatic heterocycles. The van der Waals surface area contributed by atoms with E-state index in [0.29, 0.717) is 6.54 Å². The molecule has 0 bridgehead atoms. The second-order valence-corrected chi connectivity index (χ2v) is 8.51. The first-order valence-electron chi connectivity index (χ1n) is 10.5. The Kier molecular flexibility index (Phi) is 6.37. The van der Waals surface area contributed by atoms with E-state index in [0.717, 1.165) is 37.0 Å². The monoisotopic (exact) mass is 436 g/mol. The number of rotatable bonds is 6. The number of hydrogen-bond donors (Lipinski definition) is 3. The van der Waals surface area contributed by atoms with Crippen molar-refractivity contribution in [2.24, 2.45) is 0 Å². The SMILES string of the molecule is OC[C@H](c1ccccc1)N1CCCC[C@H]1C1(O)CN(C(O)c2ccc(F)c(F)c2F)C1. The smallest absolute Gasteiger partial charge is 0.194 e. The van der Waals surface area contributed by atoms with Crippen molar-refractivity contribution >= 4 is 0 Å². The number of halogens is 3. The van der Waals surface area contributed by atoms with E-state index in [4.69, 9.17) is 0 Å². The van der Waals surface area contributed by atoms with Crippen molar-refractivity contribution in [1.82, 2.24) is 9.80 Å². The van der Waals surface area contributed by atoms with Gasteiger partial charge in [0, 0.05) is 24.7 Å². The molecule has 8 heteroatoms. The van der Waals surface area contributed by atoms with E-state index in [9.17, 15) is 28.5 Å². The van der Waals surface area contributed by atoms with Crippen molar-refractivity contribution in [2.45, 2.75) is 43.2 Å². The number of hydrogen-bond acceptors (Lipinski definition) is 5. The van der Waals surface area contributed by atoms with Crippen LogP contribution in [-0.4, -0.2) is 63.0 Å². The van der Waals surface area contributed by atoms with Crippen molar-refractivity contribution in [3.8, 4) is 0 Å². The highest BCUT2D eigenvalue weighted by Crippen LogP contribution is 2.40. The lowest BCUT2D eigenvalue weighted by Gasteiger charge is -2.57. The summed E-state index contributed by atoms with van der Waals surface area (Å²) in [5.74, 6) is -4.37. The molecular weight excluding hydrogens is 409 g/mol. The van der Waals surface area contributed by atoms with Gasteiger partial charge in [-0.05, 0) is 37.1 Å². The predicted octanol–water partition coefficient (Wildman–Crippen LogP) is 2.73. The highest BCUT2D eigenvalue weighted by molar-refractivity contribution is 5.24. The first-order valence-corrected chi connectivity index (χ1v) is 10.5. The maximum Gasteiger partial charge on any atom is 0.194 e. The standard InChI is InChI=1S/C23H27F3N2O3/c24-17-10-9-16(20(25)21(17)26)22(30)27-13-23(31,14-27)19-8-4-5-11-28(19)18(12-29)15-6-2-1-3-7-15/h1-3,6-7,9-10,18-19,22,29-31H,4-5,8,11-14H2/t18-,19+,22?/m1/s1. The molecule has 4 rings (SSSR count). The van der Waals surface area contributed by atoms with Crippen molar-refractivity contribution in [1.29, 1.82) is 0 Å². The third-order valence-corrected chi connectivity index (χ3v) is 6.56. The summed E-state index contributed by atoms with van der Waals surface area (Å²) in [6.45, 7) is 0.734. The maximum absolute atomic E-state index is 14.1. The zero-order chi connectivity index (χ0) is 22.2. The van der Waals surface area contributed by atoms with E-state index >= 15 is 0 Å². The molecule has 0 aliphatic carbocycles. The number of benzene rings is 2. The Morgan fingerprint density at radius 1 is 1.00 bits per heavy atom. The lowest BCUT2D eigenvalue weighted by molar-refractivity contribution is -0.203. The first-order chi connectivity index (χ1) is 14.9. The van der Waals surface area contributed by atoms with Crippen LogP contribution in [0.5, 0.6) is 0 Å². The van der Waals surface area contributed by atoms with Gasteiger partial charge >= 0.3 is 0 Å². The molecule has 3 N–H and O–H groups in total. The summed E-state index contributed by atoms with van der Waals surface area (Å²) in [5, 5.41) is 31.9. The van der Waals surface area contributed by atoms with E-state index < -0.39 is 29.3 Å². The minimum Gasteiger partial charge on any atom is -0.394 e. The normalized spacial score (nSPS) is 23.9. The molecule has 0 saturated carbocycles. The van der Waals surface area contributed by atoms with Gasteiger partial charge in [0.15, 0.2) is 17.5 Å². The van der Waals surface area contributed by atoms with Gasteiger partial charge in [-0.15, -0.1) is 0 Å². The topological polar surface area (TPSA) is 67.2 Å². The molecule has 2 saturated heterocycles. The molecule has 0 spiro atoms. The Hall–Kier alpha value is -1.97. The van der Waals surface area contributed by atoms with E-state index in [-0.39, 0.29) is 37.3 Å². The van der Waals surface area contributed by atoms with Gasteiger partial charge in [0.1, 0.15) is 11.8 Å². The van der Waals surface area contributed by atoms with Gasteiger partial charge in [0.2, 0.25) is 0 Å². The number of aliphatic hydroxyl groups excluding tert-OH is 2. The molecule has 5 nitrogen and oxygen atoms in total. The highest BCUT2D eigenvalue weighted by atomic mass is 19.2. The second-order valence-electron chi connectivity index (χ2n) is 8.51. The van der Waals surface area contributed by atoms with Gasteiger partial charge in [-0.25, -0.2) is 13.2 Å². The van der Waals surface area contributed by atoms with Crippen LogP contribution in [0.4, 0.5) is 13.2 Å². The van der Waals surface area contributed by atoms with Crippen LogP contribution in [-0.2, 0) is 0 Å². The van der Waals surface area contributed by atoms with Gasteiger partial charge in [-0.1, -0.05) is 36.8 Å². The van der Waals surface area contributed by atoms with Gasteiger partial charge in [-0.3, -0.25) is 9.80 Å². The minimum atomic E-state index is -1.63. The molecule has 1 unspecified atom stereocenters. The van der Waals surface area contributed by atoms with Crippen molar-refractivity contribution in [3.63, 3.8) is 0 Å². The molecule has 3 atom stereocenters. The Morgan fingerprint density at radius 2 is 1.71 bits per heavy atom. The summed E-state index contributed by atoms with van der Waals surface area (Å²) < 4.78 is 40.8. The Labute approximate surface area is 179 Å². The van der Waals surface area contributed by atoms with Crippen LogP contribution in [0.25, 0.3) is 0 Å². The van der Waals surface area contributed by atoms with Crippen LogP contribution in [0.3, 0.4) is 0 Å². The molecule has 2 aromatic rings. The molecule has 2 aromatic carbocycles. The molecule has 31 heavy (non-hydrogen) atoms. The summed E-state index contributed by atoms with van der Waals surface area (Å²) in [7, 11) is 0. The second kappa shape index (κ2) is 8.88. The summed E-state index contributed by atoms with van der Waals surface area (Å²) in [5.41, 5.74) is -0.571. The molecule has 0 amide bonds. The lowest BCUT2D eigenvalue weighted by Crippen LogP contribution is -2.72. The van der Waals surface area contributed by atoms with E-state index in [1.54, 1.807) is 0 Å². The predicted molar refractivity (Wildman–Crippen MR) is 108 cm³/mol. The zero-order valence-corrected chi connectivity index (χ0v) is 17.1. The average molecular weight is 436 g/mol. The number of likely N-dealkylation sites (tertiary alicyclic amines) is 2. The van der Waals surface area contributed by atoms with Crippen LogP contribution in [0, 0.1) is 17.5 Å². The molecular formula is C23H27F3N2O3. The van der Waals surface area contributed by atoms with Gasteiger partial charge in [0.05, 0.1) is 12.6 Å². The fourth-order valence-corrected chi connectivity index (χ4v) is 4.96. The molecule has 2 aliphatic rings. The molecule has 168 valence electrons. The maximum atomic E-state index is 14.1. The summed E-state index contributed by atoms with van der Waals surface area (Å²) in [6, 6.07) is 10.9. The Bertz CT molecular complexity index is 908. The van der Waals surface area contributed by atoms with Crippen LogP contribution in [0.1, 0.15) is 42.7 Å². The fourth-order valence-electron chi connectivity index (χ4n) is 4.96. The van der Waals surface area contributed by atoms with Crippen LogP contribution >= 0.6 is 0 Å². The van der Waals surface area contributed by atoms with Gasteiger partial charge in [0.25, 0.3) is 0 Å². The van der Waals surface area contributed by atoms with Crippen LogP contribution in [0.15, 0.2) is 42.5 Å². The number of nitrogens with zero attached hydrogens (tertiary/aromatic N) is 2. The van der Waals surface area contributed by atoms with Crippen LogP contribution in [0.2, 0.25) is 0 Å². The quantitative estimate of drug-likeness (QED) is 0.608. The third-order valence-electron chi connectivity index (χ3n) is 6.56. The Balaban J connectivity index is 1.51. The van der Waals surface area contributed by atoms with Gasteiger partial charge < -0.3 is 15.3 Å². The molecule has 2 fully saturated rings.